The minimum absolute atomic E-state index is 0.205. The molecule has 7 atom stereocenters. The lowest BCUT2D eigenvalue weighted by atomic mass is 9.99. The topological polar surface area (TPSA) is 348 Å². The van der Waals surface area contributed by atoms with Crippen LogP contribution in [0.1, 0.15) is 27.2 Å². The molecule has 7 amide bonds. The smallest absolute Gasteiger partial charge is 0.328 e. The molecule has 0 bridgehead atoms. The highest BCUT2D eigenvalue weighted by molar-refractivity contribution is 5.95. The van der Waals surface area contributed by atoms with Gasteiger partial charge in [-0.05, 0) is 12.8 Å². The van der Waals surface area contributed by atoms with Crippen LogP contribution in [0.4, 0.5) is 0 Å². The molecule has 46 heavy (non-hydrogen) atoms. The molecule has 0 unspecified atom stereocenters. The highest BCUT2D eigenvalue weighted by Gasteiger charge is 2.30. The lowest BCUT2D eigenvalue weighted by molar-refractivity contribution is -0.145. The standard InChI is InChI=1S/C25H44N8O13/c1-4-11(2)19(26)24(44)32-14(9-35)22(42)29-7-18(40)30-13(8-34)21(41)28-5-16(38)27-6-17(39)31-15(10-36)23(43)33-20(12(3)37)25(45)46/h11-15,19-20,34-37H,4-10,26H2,1-3H3,(H,27,38)(H,28,41)(H,29,42)(H,30,40)(H,31,39)(H,32,44)(H,33,43)(H,45,46)/t11-,12+,13-,14-,15-,19-,20-/m0/s1. The Balaban J connectivity index is 4.73. The molecular weight excluding hydrogens is 620 g/mol. The van der Waals surface area contributed by atoms with Crippen molar-refractivity contribution in [2.24, 2.45) is 11.7 Å². The summed E-state index contributed by atoms with van der Waals surface area (Å²) in [6, 6.07) is -7.26. The summed E-state index contributed by atoms with van der Waals surface area (Å²) in [6.07, 6.45) is -0.902. The minimum atomic E-state index is -1.72. The summed E-state index contributed by atoms with van der Waals surface area (Å²) in [4.78, 5) is 96.3. The number of aliphatic hydroxyl groups excluding tert-OH is 4. The first-order valence-electron chi connectivity index (χ1n) is 14.0. The van der Waals surface area contributed by atoms with E-state index in [1.165, 1.54) is 0 Å². The largest absolute Gasteiger partial charge is 0.480 e. The van der Waals surface area contributed by atoms with Crippen LogP contribution in [0.2, 0.25) is 0 Å². The van der Waals surface area contributed by atoms with Crippen molar-refractivity contribution in [2.45, 2.75) is 63.5 Å². The van der Waals surface area contributed by atoms with Crippen LogP contribution in [0.15, 0.2) is 0 Å². The average molecular weight is 665 g/mol. The van der Waals surface area contributed by atoms with Gasteiger partial charge in [0.25, 0.3) is 0 Å². The zero-order valence-electron chi connectivity index (χ0n) is 25.6. The van der Waals surface area contributed by atoms with E-state index < -0.39 is 123 Å². The predicted octanol–water partition coefficient (Wildman–Crippen LogP) is -7.91. The molecule has 0 spiro atoms. The zero-order chi connectivity index (χ0) is 35.6. The summed E-state index contributed by atoms with van der Waals surface area (Å²) < 4.78 is 0. The molecule has 21 heteroatoms. The first kappa shape index (κ1) is 41.6. The van der Waals surface area contributed by atoms with E-state index >= 15 is 0 Å². The van der Waals surface area contributed by atoms with Crippen LogP contribution in [0.25, 0.3) is 0 Å². The molecule has 0 aromatic carbocycles. The Labute approximate surface area is 263 Å². The fraction of sp³-hybridized carbons (Fsp3) is 0.680. The second kappa shape index (κ2) is 21.3. The van der Waals surface area contributed by atoms with E-state index in [-0.39, 0.29) is 5.92 Å². The Bertz CT molecular complexity index is 1090. The van der Waals surface area contributed by atoms with Crippen molar-refractivity contribution in [3.05, 3.63) is 0 Å². The van der Waals surface area contributed by atoms with Gasteiger partial charge in [0.15, 0.2) is 6.04 Å². The molecule has 0 radical (unpaired) electrons. The van der Waals surface area contributed by atoms with Crippen LogP contribution in [-0.2, 0) is 38.4 Å². The van der Waals surface area contributed by atoms with Crippen LogP contribution in [0.3, 0.4) is 0 Å². The number of amides is 7. The highest BCUT2D eigenvalue weighted by Crippen LogP contribution is 2.05. The Hall–Kier alpha value is -4.44. The number of carbonyl (C=O) groups excluding carboxylic acids is 7. The Morgan fingerprint density at radius 1 is 0.609 bits per heavy atom. The van der Waals surface area contributed by atoms with Crippen molar-refractivity contribution in [2.75, 3.05) is 39.5 Å². The fourth-order valence-corrected chi connectivity index (χ4v) is 3.32. The Kier molecular flexibility index (Phi) is 19.3. The molecule has 262 valence electrons. The summed E-state index contributed by atoms with van der Waals surface area (Å²) in [7, 11) is 0. The van der Waals surface area contributed by atoms with E-state index in [9.17, 15) is 58.8 Å². The van der Waals surface area contributed by atoms with E-state index in [0.29, 0.717) is 6.42 Å². The Morgan fingerprint density at radius 2 is 1.02 bits per heavy atom. The van der Waals surface area contributed by atoms with Gasteiger partial charge in [-0.1, -0.05) is 20.3 Å². The monoisotopic (exact) mass is 664 g/mol. The van der Waals surface area contributed by atoms with Crippen LogP contribution in [-0.4, -0.2) is 149 Å². The lowest BCUT2D eigenvalue weighted by Gasteiger charge is -2.22. The first-order valence-corrected chi connectivity index (χ1v) is 14.0. The molecule has 0 saturated heterocycles. The lowest BCUT2D eigenvalue weighted by Crippen LogP contribution is -2.57. The molecular formula is C25H44N8O13. The third-order valence-electron chi connectivity index (χ3n) is 6.38. The molecule has 0 aromatic heterocycles. The molecule has 0 aliphatic carbocycles. The summed E-state index contributed by atoms with van der Waals surface area (Å²) in [5.74, 6) is -8.38. The summed E-state index contributed by atoms with van der Waals surface area (Å²) in [5, 5.41) is 61.4. The van der Waals surface area contributed by atoms with Gasteiger partial charge in [-0.3, -0.25) is 33.6 Å². The van der Waals surface area contributed by atoms with E-state index in [2.05, 4.69) is 26.6 Å². The van der Waals surface area contributed by atoms with Crippen molar-refractivity contribution in [1.82, 2.24) is 37.2 Å². The molecule has 14 N–H and O–H groups in total. The summed E-state index contributed by atoms with van der Waals surface area (Å²) in [5.41, 5.74) is 5.79. The Morgan fingerprint density at radius 3 is 1.43 bits per heavy atom. The van der Waals surface area contributed by atoms with Crippen LogP contribution < -0.4 is 43.0 Å². The van der Waals surface area contributed by atoms with Gasteiger partial charge in [-0.15, -0.1) is 0 Å². The van der Waals surface area contributed by atoms with Gasteiger partial charge in [0.05, 0.1) is 51.6 Å². The number of carbonyl (C=O) groups is 8. The van der Waals surface area contributed by atoms with E-state index in [1.807, 2.05) is 17.6 Å². The van der Waals surface area contributed by atoms with Crippen molar-refractivity contribution in [3.8, 4) is 0 Å². The average Bonchev–Trinajstić information content (AvgIpc) is 3.02. The van der Waals surface area contributed by atoms with Gasteiger partial charge < -0.3 is 68.5 Å². The van der Waals surface area contributed by atoms with Crippen molar-refractivity contribution in [3.63, 3.8) is 0 Å². The van der Waals surface area contributed by atoms with Gasteiger partial charge in [0, 0.05) is 0 Å². The maximum absolute atomic E-state index is 12.3. The number of carboxylic acids is 1. The van der Waals surface area contributed by atoms with E-state index in [1.54, 1.807) is 6.92 Å². The molecule has 21 nitrogen and oxygen atoms in total. The molecule has 0 rings (SSSR count). The summed E-state index contributed by atoms with van der Waals surface area (Å²) in [6.45, 7) is -0.213. The third kappa shape index (κ3) is 15.0. The number of hydrogen-bond acceptors (Lipinski definition) is 13. The van der Waals surface area contributed by atoms with Crippen molar-refractivity contribution in [1.29, 1.82) is 0 Å². The molecule has 0 saturated carbocycles. The van der Waals surface area contributed by atoms with Gasteiger partial charge in [0.2, 0.25) is 41.4 Å². The maximum Gasteiger partial charge on any atom is 0.328 e. The molecule has 0 aliphatic rings. The van der Waals surface area contributed by atoms with Crippen molar-refractivity contribution < 1.29 is 63.9 Å². The number of nitrogens with two attached hydrogens (primary N) is 1. The molecule has 0 aromatic rings. The normalized spacial score (nSPS) is 15.3. The second-order valence-corrected chi connectivity index (χ2v) is 10.0. The highest BCUT2D eigenvalue weighted by atomic mass is 16.4. The minimum Gasteiger partial charge on any atom is -0.480 e. The predicted molar refractivity (Wildman–Crippen MR) is 155 cm³/mol. The summed E-state index contributed by atoms with van der Waals surface area (Å²) >= 11 is 0. The number of nitrogens with one attached hydrogen (secondary N) is 7. The van der Waals surface area contributed by atoms with Gasteiger partial charge in [-0.25, -0.2) is 4.79 Å². The van der Waals surface area contributed by atoms with Gasteiger partial charge >= 0.3 is 5.97 Å². The number of aliphatic carboxylic acids is 1. The zero-order valence-corrected chi connectivity index (χ0v) is 25.6. The second-order valence-electron chi connectivity index (χ2n) is 10.0. The van der Waals surface area contributed by atoms with E-state index in [4.69, 9.17) is 10.8 Å². The first-order chi connectivity index (χ1) is 21.5. The van der Waals surface area contributed by atoms with Crippen molar-refractivity contribution >= 4 is 47.3 Å². The maximum atomic E-state index is 12.3. The van der Waals surface area contributed by atoms with E-state index in [0.717, 1.165) is 6.92 Å². The number of aliphatic hydroxyl groups is 4. The van der Waals surface area contributed by atoms with Crippen LogP contribution in [0, 0.1) is 5.92 Å². The fourth-order valence-electron chi connectivity index (χ4n) is 3.32. The van der Waals surface area contributed by atoms with Crippen LogP contribution >= 0.6 is 0 Å². The number of carboxylic acid groups (broad SMARTS) is 1. The quantitative estimate of drug-likeness (QED) is 0.0542. The number of hydrogen-bond donors (Lipinski definition) is 13. The molecule has 0 aliphatic heterocycles. The SMILES string of the molecule is CC[C@H](C)[C@H](N)C(=O)N[C@@H](CO)C(=O)NCC(=O)N[C@@H](CO)C(=O)NCC(=O)NCC(=O)N[C@@H](CO)C(=O)N[C@H](C(=O)O)[C@@H](C)O. The third-order valence-corrected chi connectivity index (χ3v) is 6.38. The van der Waals surface area contributed by atoms with Crippen LogP contribution in [0.5, 0.6) is 0 Å². The molecule has 0 fully saturated rings. The van der Waals surface area contributed by atoms with Gasteiger partial charge in [-0.2, -0.15) is 0 Å². The van der Waals surface area contributed by atoms with Gasteiger partial charge in [0.1, 0.15) is 18.1 Å². The number of rotatable bonds is 21. The molecule has 0 heterocycles.